The Labute approximate surface area is 89.7 Å². The molecular weight excluding hydrogens is 194 g/mol. The molecule has 0 saturated carbocycles. The third-order valence-corrected chi connectivity index (χ3v) is 3.35. The SMILES string of the molecule is N=C(N)N1CCC[C@@]2(C[C@H](O)CCO2)C1. The van der Waals surface area contributed by atoms with Crippen LogP contribution in [0.25, 0.3) is 0 Å². The third-order valence-electron chi connectivity index (χ3n) is 3.35. The van der Waals surface area contributed by atoms with Crippen LogP contribution in [0.15, 0.2) is 0 Å². The highest BCUT2D eigenvalue weighted by Gasteiger charge is 2.40. The molecular formula is C10H19N3O2. The first-order valence-corrected chi connectivity index (χ1v) is 5.52. The maximum Gasteiger partial charge on any atom is 0.188 e. The number of aliphatic hydroxyl groups excluding tert-OH is 1. The molecule has 2 fully saturated rings. The first kappa shape index (κ1) is 10.7. The first-order valence-electron chi connectivity index (χ1n) is 5.52. The molecule has 2 rings (SSSR count). The molecule has 1 spiro atoms. The quantitative estimate of drug-likeness (QED) is 0.387. The van der Waals surface area contributed by atoms with Gasteiger partial charge in [-0.3, -0.25) is 5.41 Å². The van der Waals surface area contributed by atoms with Crippen molar-refractivity contribution in [2.75, 3.05) is 19.7 Å². The second-order valence-corrected chi connectivity index (χ2v) is 4.59. The number of hydrogen-bond donors (Lipinski definition) is 3. The number of nitrogens with two attached hydrogens (primary N) is 1. The summed E-state index contributed by atoms with van der Waals surface area (Å²) in [6.45, 7) is 2.10. The monoisotopic (exact) mass is 213 g/mol. The van der Waals surface area contributed by atoms with Gasteiger partial charge in [0.25, 0.3) is 0 Å². The summed E-state index contributed by atoms with van der Waals surface area (Å²) in [5, 5.41) is 17.1. The van der Waals surface area contributed by atoms with Crippen molar-refractivity contribution in [3.05, 3.63) is 0 Å². The van der Waals surface area contributed by atoms with Crippen LogP contribution in [0.3, 0.4) is 0 Å². The average molecular weight is 213 g/mol. The topological polar surface area (TPSA) is 82.6 Å². The van der Waals surface area contributed by atoms with E-state index >= 15 is 0 Å². The van der Waals surface area contributed by atoms with Crippen molar-refractivity contribution in [1.29, 1.82) is 5.41 Å². The van der Waals surface area contributed by atoms with Crippen molar-refractivity contribution < 1.29 is 9.84 Å². The number of likely N-dealkylation sites (tertiary alicyclic amines) is 1. The summed E-state index contributed by atoms with van der Waals surface area (Å²) in [6.07, 6.45) is 3.09. The number of piperidine rings is 1. The highest BCUT2D eigenvalue weighted by molar-refractivity contribution is 5.74. The van der Waals surface area contributed by atoms with E-state index in [0.29, 0.717) is 19.6 Å². The number of rotatable bonds is 0. The van der Waals surface area contributed by atoms with Gasteiger partial charge in [0.1, 0.15) is 0 Å². The summed E-state index contributed by atoms with van der Waals surface area (Å²) in [4.78, 5) is 1.83. The number of hydrogen-bond acceptors (Lipinski definition) is 3. The van der Waals surface area contributed by atoms with E-state index in [-0.39, 0.29) is 17.7 Å². The van der Waals surface area contributed by atoms with Gasteiger partial charge in [-0.25, -0.2) is 0 Å². The summed E-state index contributed by atoms with van der Waals surface area (Å²) in [7, 11) is 0. The molecule has 0 aliphatic carbocycles. The van der Waals surface area contributed by atoms with Gasteiger partial charge in [-0.1, -0.05) is 0 Å². The zero-order valence-electron chi connectivity index (χ0n) is 8.91. The predicted octanol–water partition coefficient (Wildman–Crippen LogP) is -0.114. The van der Waals surface area contributed by atoms with Gasteiger partial charge in [0, 0.05) is 26.1 Å². The van der Waals surface area contributed by atoms with E-state index in [1.54, 1.807) is 0 Å². The molecule has 0 amide bonds. The molecule has 5 heteroatoms. The summed E-state index contributed by atoms with van der Waals surface area (Å²) in [5.41, 5.74) is 5.22. The largest absolute Gasteiger partial charge is 0.393 e. The molecule has 2 aliphatic heterocycles. The van der Waals surface area contributed by atoms with E-state index in [4.69, 9.17) is 15.9 Å². The minimum Gasteiger partial charge on any atom is -0.393 e. The van der Waals surface area contributed by atoms with Gasteiger partial charge >= 0.3 is 0 Å². The molecule has 2 saturated heterocycles. The standard InChI is InChI=1S/C10H19N3O2/c11-9(12)13-4-1-3-10(7-13)6-8(14)2-5-15-10/h8,14H,1-7H2,(H3,11,12)/t8-,10-/m1/s1. The smallest absolute Gasteiger partial charge is 0.188 e. The highest BCUT2D eigenvalue weighted by atomic mass is 16.5. The fourth-order valence-electron chi connectivity index (χ4n) is 2.59. The lowest BCUT2D eigenvalue weighted by Crippen LogP contribution is -2.56. The van der Waals surface area contributed by atoms with Crippen LogP contribution in [0, 0.1) is 5.41 Å². The molecule has 0 radical (unpaired) electrons. The van der Waals surface area contributed by atoms with Gasteiger partial charge in [-0.15, -0.1) is 0 Å². The molecule has 0 aromatic rings. The normalized spacial score (nSPS) is 36.9. The third kappa shape index (κ3) is 2.23. The van der Waals surface area contributed by atoms with Crippen LogP contribution < -0.4 is 5.73 Å². The Balaban J connectivity index is 2.04. The second kappa shape index (κ2) is 3.98. The number of nitrogens with zero attached hydrogens (tertiary/aromatic N) is 1. The molecule has 4 N–H and O–H groups in total. The number of ether oxygens (including phenoxy) is 1. The molecule has 15 heavy (non-hydrogen) atoms. The Morgan fingerprint density at radius 1 is 1.60 bits per heavy atom. The van der Waals surface area contributed by atoms with Crippen LogP contribution >= 0.6 is 0 Å². The Kier molecular flexibility index (Phi) is 2.84. The zero-order valence-corrected chi connectivity index (χ0v) is 8.91. The maximum atomic E-state index is 9.67. The lowest BCUT2D eigenvalue weighted by Gasteiger charge is -2.46. The Morgan fingerprint density at radius 3 is 3.07 bits per heavy atom. The average Bonchev–Trinajstić information content (AvgIpc) is 2.17. The molecule has 2 aliphatic rings. The molecule has 0 bridgehead atoms. The predicted molar refractivity (Wildman–Crippen MR) is 56.6 cm³/mol. The van der Waals surface area contributed by atoms with Gasteiger partial charge < -0.3 is 20.5 Å². The minimum absolute atomic E-state index is 0.109. The van der Waals surface area contributed by atoms with Crippen LogP contribution in [-0.4, -0.2) is 47.4 Å². The van der Waals surface area contributed by atoms with Crippen LogP contribution in [0.2, 0.25) is 0 Å². The van der Waals surface area contributed by atoms with Gasteiger partial charge in [0.2, 0.25) is 0 Å². The second-order valence-electron chi connectivity index (χ2n) is 4.59. The Morgan fingerprint density at radius 2 is 2.40 bits per heavy atom. The molecule has 2 atom stereocenters. The first-order chi connectivity index (χ1) is 7.11. The molecule has 86 valence electrons. The van der Waals surface area contributed by atoms with Gasteiger partial charge in [-0.2, -0.15) is 0 Å². The van der Waals surface area contributed by atoms with Crippen LogP contribution in [0.4, 0.5) is 0 Å². The fraction of sp³-hybridized carbons (Fsp3) is 0.900. The van der Waals surface area contributed by atoms with Crippen molar-refractivity contribution in [2.24, 2.45) is 5.73 Å². The fourth-order valence-corrected chi connectivity index (χ4v) is 2.59. The summed E-state index contributed by atoms with van der Waals surface area (Å²) >= 11 is 0. The van der Waals surface area contributed by atoms with Crippen LogP contribution in [-0.2, 0) is 4.74 Å². The van der Waals surface area contributed by atoms with E-state index in [2.05, 4.69) is 0 Å². The summed E-state index contributed by atoms with van der Waals surface area (Å²) in [5.74, 6) is 0.109. The summed E-state index contributed by atoms with van der Waals surface area (Å²) in [6, 6.07) is 0. The number of nitrogens with one attached hydrogen (secondary N) is 1. The minimum atomic E-state index is -0.262. The molecule has 0 unspecified atom stereocenters. The van der Waals surface area contributed by atoms with Crippen molar-refractivity contribution in [3.63, 3.8) is 0 Å². The van der Waals surface area contributed by atoms with E-state index < -0.39 is 0 Å². The molecule has 5 nitrogen and oxygen atoms in total. The highest BCUT2D eigenvalue weighted by Crippen LogP contribution is 2.33. The van der Waals surface area contributed by atoms with Crippen molar-refractivity contribution >= 4 is 5.96 Å². The van der Waals surface area contributed by atoms with Gasteiger partial charge in [0.15, 0.2) is 5.96 Å². The van der Waals surface area contributed by atoms with E-state index in [1.807, 2.05) is 4.90 Å². The number of guanidine groups is 1. The van der Waals surface area contributed by atoms with Crippen LogP contribution in [0.5, 0.6) is 0 Å². The molecule has 2 heterocycles. The molecule has 0 aromatic heterocycles. The van der Waals surface area contributed by atoms with Crippen molar-refractivity contribution in [2.45, 2.75) is 37.4 Å². The maximum absolute atomic E-state index is 9.67. The van der Waals surface area contributed by atoms with Crippen molar-refractivity contribution in [1.82, 2.24) is 4.90 Å². The van der Waals surface area contributed by atoms with Crippen molar-refractivity contribution in [3.8, 4) is 0 Å². The lowest BCUT2D eigenvalue weighted by molar-refractivity contribution is -0.139. The van der Waals surface area contributed by atoms with E-state index in [1.165, 1.54) is 0 Å². The van der Waals surface area contributed by atoms with E-state index in [0.717, 1.165) is 25.8 Å². The number of aliphatic hydroxyl groups is 1. The lowest BCUT2D eigenvalue weighted by atomic mass is 9.84. The van der Waals surface area contributed by atoms with Crippen LogP contribution in [0.1, 0.15) is 25.7 Å². The zero-order chi connectivity index (χ0) is 10.9. The van der Waals surface area contributed by atoms with Gasteiger partial charge in [0.05, 0.1) is 11.7 Å². The Hall–Kier alpha value is -0.810. The van der Waals surface area contributed by atoms with E-state index in [9.17, 15) is 5.11 Å². The molecule has 0 aromatic carbocycles. The summed E-state index contributed by atoms with van der Waals surface area (Å²) < 4.78 is 5.80. The van der Waals surface area contributed by atoms with Gasteiger partial charge in [-0.05, 0) is 19.3 Å². The Bertz CT molecular complexity index is 255.